The molecule has 4 heterocycles. The molecule has 1 aliphatic carbocycles. The molecule has 0 spiro atoms. The predicted octanol–water partition coefficient (Wildman–Crippen LogP) is 2.36. The van der Waals surface area contributed by atoms with E-state index in [4.69, 9.17) is 4.74 Å². The molecule has 0 saturated heterocycles. The fourth-order valence-electron chi connectivity index (χ4n) is 4.17. The topological polar surface area (TPSA) is 127 Å². The first kappa shape index (κ1) is 22.5. The maximum atomic E-state index is 13.1. The van der Waals surface area contributed by atoms with E-state index in [1.807, 2.05) is 13.0 Å². The molecule has 1 amide bonds. The van der Waals surface area contributed by atoms with Gasteiger partial charge in [0.2, 0.25) is 0 Å². The number of amides is 1. The molecule has 5 rings (SSSR count). The van der Waals surface area contributed by atoms with E-state index in [1.54, 1.807) is 61.4 Å². The molecular formula is C24H26N8O3. The number of hydrogen-bond donors (Lipinski definition) is 3. The normalized spacial score (nSPS) is 19.2. The molecular weight excluding hydrogens is 448 g/mol. The molecule has 35 heavy (non-hydrogen) atoms. The van der Waals surface area contributed by atoms with Crippen molar-refractivity contribution in [3.05, 3.63) is 70.9 Å². The van der Waals surface area contributed by atoms with Crippen molar-refractivity contribution in [1.82, 2.24) is 29.5 Å². The van der Waals surface area contributed by atoms with Gasteiger partial charge < -0.3 is 20.7 Å². The third-order valence-corrected chi connectivity index (χ3v) is 6.52. The molecule has 180 valence electrons. The van der Waals surface area contributed by atoms with Gasteiger partial charge in [-0.15, -0.1) is 0 Å². The Hall–Kier alpha value is -4.25. The van der Waals surface area contributed by atoms with Crippen LogP contribution >= 0.6 is 0 Å². The Morgan fingerprint density at radius 3 is 2.80 bits per heavy atom. The van der Waals surface area contributed by atoms with E-state index in [0.717, 1.165) is 12.8 Å². The van der Waals surface area contributed by atoms with Crippen molar-refractivity contribution < 1.29 is 9.53 Å². The molecule has 0 aliphatic heterocycles. The maximum absolute atomic E-state index is 13.1. The van der Waals surface area contributed by atoms with Gasteiger partial charge in [0.15, 0.2) is 5.65 Å². The standard InChI is InChI=1S/C24H26N8O3/c1-24(35-3)10-9-17(24)29-22(33)15-14-27-32-20(25-2)13-18(30-21(15)32)28-16-7-6-12-31(23(16)34)19-8-4-5-11-26-19/h4-8,11-14,17,25H,9-10H2,1-3H3,(H,28,30)(H,29,33)/t17-,24-/m1/s1. The Labute approximate surface area is 201 Å². The summed E-state index contributed by atoms with van der Waals surface area (Å²) in [5.74, 6) is 1.21. The van der Waals surface area contributed by atoms with Crippen LogP contribution in [0.2, 0.25) is 0 Å². The van der Waals surface area contributed by atoms with E-state index in [0.29, 0.717) is 34.4 Å². The van der Waals surface area contributed by atoms with E-state index in [2.05, 4.69) is 31.0 Å². The molecule has 0 aromatic carbocycles. The zero-order chi connectivity index (χ0) is 24.6. The quantitative estimate of drug-likeness (QED) is 0.373. The number of pyridine rings is 2. The summed E-state index contributed by atoms with van der Waals surface area (Å²) < 4.78 is 8.56. The van der Waals surface area contributed by atoms with Crippen molar-refractivity contribution in [1.29, 1.82) is 0 Å². The minimum absolute atomic E-state index is 0.0885. The predicted molar refractivity (Wildman–Crippen MR) is 132 cm³/mol. The molecule has 0 bridgehead atoms. The fourth-order valence-corrected chi connectivity index (χ4v) is 4.17. The van der Waals surface area contributed by atoms with Crippen LogP contribution in [0.4, 0.5) is 17.3 Å². The number of nitrogens with one attached hydrogen (secondary N) is 3. The zero-order valence-corrected chi connectivity index (χ0v) is 19.6. The van der Waals surface area contributed by atoms with Crippen LogP contribution in [-0.4, -0.2) is 55.9 Å². The number of carbonyl (C=O) groups excluding carboxylic acids is 1. The minimum Gasteiger partial charge on any atom is -0.376 e. The van der Waals surface area contributed by atoms with Crippen molar-refractivity contribution in [2.75, 3.05) is 24.8 Å². The molecule has 4 aromatic rings. The lowest BCUT2D eigenvalue weighted by Gasteiger charge is -2.45. The van der Waals surface area contributed by atoms with Gasteiger partial charge in [0, 0.05) is 32.6 Å². The highest BCUT2D eigenvalue weighted by atomic mass is 16.5. The Balaban J connectivity index is 1.48. The second-order valence-electron chi connectivity index (χ2n) is 8.56. The van der Waals surface area contributed by atoms with Crippen molar-refractivity contribution >= 4 is 28.9 Å². The fraction of sp³-hybridized carbons (Fsp3) is 0.292. The van der Waals surface area contributed by atoms with Crippen LogP contribution in [0.5, 0.6) is 0 Å². The van der Waals surface area contributed by atoms with Crippen LogP contribution in [0.15, 0.2) is 59.8 Å². The van der Waals surface area contributed by atoms with Gasteiger partial charge >= 0.3 is 0 Å². The Bertz CT molecular complexity index is 1440. The second-order valence-corrected chi connectivity index (χ2v) is 8.56. The molecule has 11 nitrogen and oxygen atoms in total. The summed E-state index contributed by atoms with van der Waals surface area (Å²) in [6.45, 7) is 1.98. The Kier molecular flexibility index (Phi) is 5.69. The monoisotopic (exact) mass is 474 g/mol. The molecule has 11 heteroatoms. The van der Waals surface area contributed by atoms with Crippen LogP contribution < -0.4 is 21.5 Å². The average molecular weight is 475 g/mol. The van der Waals surface area contributed by atoms with Gasteiger partial charge in [0.1, 0.15) is 28.7 Å². The van der Waals surface area contributed by atoms with Crippen LogP contribution in [0.25, 0.3) is 11.5 Å². The third kappa shape index (κ3) is 3.99. The number of anilines is 3. The molecule has 1 aliphatic rings. The molecule has 1 saturated carbocycles. The highest BCUT2D eigenvalue weighted by Crippen LogP contribution is 2.35. The van der Waals surface area contributed by atoms with Crippen LogP contribution in [0.1, 0.15) is 30.1 Å². The highest BCUT2D eigenvalue weighted by molar-refractivity contribution is 6.00. The lowest BCUT2D eigenvalue weighted by atomic mass is 9.76. The zero-order valence-electron chi connectivity index (χ0n) is 19.6. The van der Waals surface area contributed by atoms with Gasteiger partial charge in [0.25, 0.3) is 11.5 Å². The average Bonchev–Trinajstić information content (AvgIpc) is 3.31. The minimum atomic E-state index is -0.379. The summed E-state index contributed by atoms with van der Waals surface area (Å²) in [6.07, 6.45) is 6.49. The number of hydrogen-bond acceptors (Lipinski definition) is 8. The summed E-state index contributed by atoms with van der Waals surface area (Å²) in [7, 11) is 3.40. The number of fused-ring (bicyclic) bond motifs is 1. The van der Waals surface area contributed by atoms with E-state index < -0.39 is 0 Å². The van der Waals surface area contributed by atoms with Gasteiger partial charge in [0.05, 0.1) is 17.8 Å². The summed E-state index contributed by atoms with van der Waals surface area (Å²) in [4.78, 5) is 35.0. The van der Waals surface area contributed by atoms with Crippen LogP contribution in [0, 0.1) is 0 Å². The molecule has 3 N–H and O–H groups in total. The number of nitrogens with zero attached hydrogens (tertiary/aromatic N) is 5. The Morgan fingerprint density at radius 1 is 1.26 bits per heavy atom. The Morgan fingerprint density at radius 2 is 2.11 bits per heavy atom. The first-order chi connectivity index (χ1) is 16.9. The maximum Gasteiger partial charge on any atom is 0.279 e. The smallest absolute Gasteiger partial charge is 0.279 e. The van der Waals surface area contributed by atoms with Crippen molar-refractivity contribution in [2.24, 2.45) is 0 Å². The largest absolute Gasteiger partial charge is 0.376 e. The van der Waals surface area contributed by atoms with Crippen molar-refractivity contribution in [3.63, 3.8) is 0 Å². The van der Waals surface area contributed by atoms with E-state index >= 15 is 0 Å². The van der Waals surface area contributed by atoms with Crippen LogP contribution in [-0.2, 0) is 4.74 Å². The number of carbonyl (C=O) groups is 1. The number of aromatic nitrogens is 5. The number of ether oxygens (including phenoxy) is 1. The molecule has 0 unspecified atom stereocenters. The summed E-state index contributed by atoms with van der Waals surface area (Å²) in [5, 5.41) is 13.5. The van der Waals surface area contributed by atoms with E-state index in [9.17, 15) is 9.59 Å². The first-order valence-electron chi connectivity index (χ1n) is 11.3. The molecule has 1 fully saturated rings. The highest BCUT2D eigenvalue weighted by Gasteiger charge is 2.44. The lowest BCUT2D eigenvalue weighted by molar-refractivity contribution is -0.0828. The summed E-state index contributed by atoms with van der Waals surface area (Å²) >= 11 is 0. The molecule has 2 atom stereocenters. The van der Waals surface area contributed by atoms with Crippen molar-refractivity contribution in [3.8, 4) is 5.82 Å². The summed E-state index contributed by atoms with van der Waals surface area (Å²) in [6, 6.07) is 10.4. The molecule has 0 radical (unpaired) electrons. The number of rotatable bonds is 7. The van der Waals surface area contributed by atoms with E-state index in [1.165, 1.54) is 10.8 Å². The van der Waals surface area contributed by atoms with Crippen molar-refractivity contribution in [2.45, 2.75) is 31.4 Å². The first-order valence-corrected chi connectivity index (χ1v) is 11.3. The molecule has 4 aromatic heterocycles. The second kappa shape index (κ2) is 8.84. The third-order valence-electron chi connectivity index (χ3n) is 6.52. The van der Waals surface area contributed by atoms with Gasteiger partial charge in [-0.2, -0.15) is 9.61 Å². The lowest BCUT2D eigenvalue weighted by Crippen LogP contribution is -2.59. The van der Waals surface area contributed by atoms with Gasteiger partial charge in [-0.25, -0.2) is 9.97 Å². The SMILES string of the molecule is CNc1cc(Nc2cccn(-c3ccccn3)c2=O)nc2c(C(=O)N[C@@H]3CC[C@@]3(C)OC)cnn12. The van der Waals surface area contributed by atoms with Crippen LogP contribution in [0.3, 0.4) is 0 Å². The summed E-state index contributed by atoms with van der Waals surface area (Å²) in [5.41, 5.74) is 0.336. The van der Waals surface area contributed by atoms with Gasteiger partial charge in [-0.3, -0.25) is 14.2 Å². The van der Waals surface area contributed by atoms with Gasteiger partial charge in [-0.1, -0.05) is 6.07 Å². The van der Waals surface area contributed by atoms with E-state index in [-0.39, 0.29) is 23.1 Å². The van der Waals surface area contributed by atoms with Gasteiger partial charge in [-0.05, 0) is 44.0 Å². The number of methoxy groups -OCH3 is 1.